The number of aromatic nitrogens is 4. The maximum Gasteiger partial charge on any atom is 0.257 e. The van der Waals surface area contributed by atoms with E-state index < -0.39 is 12.2 Å². The molecule has 0 aliphatic carbocycles. The summed E-state index contributed by atoms with van der Waals surface area (Å²) in [6.07, 6.45) is 2.53. The molecule has 0 N–H and O–H groups in total. The smallest absolute Gasteiger partial charge is 0.257 e. The molecule has 2 aromatic carbocycles. The number of rotatable bonds is 9. The van der Waals surface area contributed by atoms with Crippen molar-refractivity contribution in [2.45, 2.75) is 40.5 Å². The summed E-state index contributed by atoms with van der Waals surface area (Å²) in [5.41, 5.74) is 3.81. The highest BCUT2D eigenvalue weighted by molar-refractivity contribution is 5.53. The molecular weight excluding hydrogens is 467 g/mol. The van der Waals surface area contributed by atoms with Crippen LogP contribution in [0.4, 0.5) is 18.9 Å². The number of benzene rings is 2. The van der Waals surface area contributed by atoms with Gasteiger partial charge >= 0.3 is 0 Å². The predicted molar refractivity (Wildman–Crippen MR) is 134 cm³/mol. The van der Waals surface area contributed by atoms with Crippen molar-refractivity contribution in [2.24, 2.45) is 5.92 Å². The van der Waals surface area contributed by atoms with Crippen molar-refractivity contribution in [3.05, 3.63) is 83.3 Å². The fraction of sp³-hybridized carbons (Fsp3) is 0.333. The van der Waals surface area contributed by atoms with Crippen molar-refractivity contribution >= 4 is 5.69 Å². The topological polar surface area (TPSA) is 48.1 Å². The van der Waals surface area contributed by atoms with Gasteiger partial charge in [0.25, 0.3) is 6.36 Å². The van der Waals surface area contributed by atoms with Gasteiger partial charge in [0, 0.05) is 30.7 Å². The summed E-state index contributed by atoms with van der Waals surface area (Å²) >= 11 is 0. The molecule has 2 heterocycles. The van der Waals surface area contributed by atoms with Crippen molar-refractivity contribution in [3.63, 3.8) is 0 Å². The van der Waals surface area contributed by atoms with E-state index in [1.165, 1.54) is 28.9 Å². The molecule has 0 bridgehead atoms. The summed E-state index contributed by atoms with van der Waals surface area (Å²) in [7, 11) is 1.66. The van der Waals surface area contributed by atoms with E-state index in [0.29, 0.717) is 28.5 Å². The van der Waals surface area contributed by atoms with Gasteiger partial charge in [-0.1, -0.05) is 13.8 Å². The summed E-state index contributed by atoms with van der Waals surface area (Å²) in [4.78, 5) is 1.57. The molecule has 2 aromatic heterocycles. The van der Waals surface area contributed by atoms with Crippen LogP contribution in [0.15, 0.2) is 54.9 Å². The van der Waals surface area contributed by atoms with E-state index in [1.54, 1.807) is 55.0 Å². The van der Waals surface area contributed by atoms with Crippen LogP contribution in [0.3, 0.4) is 0 Å². The van der Waals surface area contributed by atoms with Crippen molar-refractivity contribution in [1.82, 2.24) is 19.6 Å². The average molecular weight is 498 g/mol. The zero-order chi connectivity index (χ0) is 26.0. The molecule has 0 aliphatic heterocycles. The molecule has 190 valence electrons. The van der Waals surface area contributed by atoms with Gasteiger partial charge in [0.15, 0.2) is 0 Å². The Morgan fingerprint density at radius 1 is 0.944 bits per heavy atom. The second-order valence-electron chi connectivity index (χ2n) is 9.47. The quantitative estimate of drug-likeness (QED) is 0.286. The Hall–Kier alpha value is -3.75. The Morgan fingerprint density at radius 3 is 2.33 bits per heavy atom. The molecule has 1 unspecified atom stereocenters. The number of halogens is 3. The van der Waals surface area contributed by atoms with Crippen LogP contribution in [0, 0.1) is 31.4 Å². The Morgan fingerprint density at radius 2 is 1.64 bits per heavy atom. The number of alkyl halides is 1. The van der Waals surface area contributed by atoms with Crippen LogP contribution in [0.1, 0.15) is 30.7 Å². The van der Waals surface area contributed by atoms with Gasteiger partial charge in [-0.25, -0.2) is 18.1 Å². The Balaban J connectivity index is 1.46. The molecule has 0 saturated heterocycles. The highest BCUT2D eigenvalue weighted by atomic mass is 19.1. The van der Waals surface area contributed by atoms with Gasteiger partial charge in [0.1, 0.15) is 11.6 Å². The normalized spacial score (nSPS) is 12.2. The number of anilines is 1. The van der Waals surface area contributed by atoms with E-state index in [-0.39, 0.29) is 18.2 Å². The number of ether oxygens (including phenoxy) is 1. The summed E-state index contributed by atoms with van der Waals surface area (Å²) in [5, 5.41) is 8.80. The number of nitrogens with zero attached hydrogens (tertiary/aromatic N) is 5. The van der Waals surface area contributed by atoms with E-state index in [9.17, 15) is 13.2 Å². The average Bonchev–Trinajstić information content (AvgIpc) is 3.39. The first kappa shape index (κ1) is 25.3. The summed E-state index contributed by atoms with van der Waals surface area (Å²) in [6.45, 7) is 7.57. The number of aryl methyl sites for hydroxylation is 2. The van der Waals surface area contributed by atoms with Crippen LogP contribution in [-0.4, -0.2) is 39.5 Å². The molecular formula is C27H30F3N5O. The lowest BCUT2D eigenvalue weighted by Gasteiger charge is -2.22. The van der Waals surface area contributed by atoms with Gasteiger partial charge in [-0.15, -0.1) is 5.10 Å². The van der Waals surface area contributed by atoms with E-state index in [4.69, 9.17) is 4.74 Å². The zero-order valence-electron chi connectivity index (χ0n) is 21.0. The van der Waals surface area contributed by atoms with Gasteiger partial charge in [0.2, 0.25) is 5.88 Å². The van der Waals surface area contributed by atoms with Crippen LogP contribution < -0.4 is 9.64 Å². The van der Waals surface area contributed by atoms with E-state index in [0.717, 1.165) is 17.7 Å². The Labute approximate surface area is 208 Å². The minimum Gasteiger partial charge on any atom is -0.440 e. The van der Waals surface area contributed by atoms with Gasteiger partial charge in [-0.2, -0.15) is 9.49 Å². The highest BCUT2D eigenvalue weighted by Crippen LogP contribution is 2.24. The lowest BCUT2D eigenvalue weighted by Crippen LogP contribution is -2.30. The van der Waals surface area contributed by atoms with Crippen LogP contribution in [0.25, 0.3) is 11.4 Å². The molecule has 36 heavy (non-hydrogen) atoms. The number of hydrogen-bond acceptors (Lipinski definition) is 4. The van der Waals surface area contributed by atoms with Crippen molar-refractivity contribution < 1.29 is 17.9 Å². The second kappa shape index (κ2) is 10.5. The molecule has 4 aromatic rings. The highest BCUT2D eigenvalue weighted by Gasteiger charge is 2.18. The van der Waals surface area contributed by atoms with Crippen molar-refractivity contribution in [1.29, 1.82) is 0 Å². The lowest BCUT2D eigenvalue weighted by molar-refractivity contribution is 0.0689. The minimum atomic E-state index is -1.74. The third-order valence-electron chi connectivity index (χ3n) is 5.63. The van der Waals surface area contributed by atoms with Gasteiger partial charge in [-0.05, 0) is 74.2 Å². The third-order valence-corrected chi connectivity index (χ3v) is 5.63. The first-order chi connectivity index (χ1) is 17.1. The lowest BCUT2D eigenvalue weighted by atomic mass is 10.1. The summed E-state index contributed by atoms with van der Waals surface area (Å²) in [6, 6.07) is 10.9. The third kappa shape index (κ3) is 6.08. The first-order valence-electron chi connectivity index (χ1n) is 11.8. The Kier molecular flexibility index (Phi) is 7.37. The number of hydrogen-bond donors (Lipinski definition) is 0. The maximum absolute atomic E-state index is 14.9. The number of likely N-dealkylation sites (N-methyl/N-ethyl adjacent to an activating group) is 1. The maximum atomic E-state index is 14.9. The Bertz CT molecular complexity index is 1330. The van der Waals surface area contributed by atoms with Gasteiger partial charge in [-0.3, -0.25) is 0 Å². The minimum absolute atomic E-state index is 0.104. The molecule has 0 spiro atoms. The molecule has 0 radical (unpaired) electrons. The zero-order valence-corrected chi connectivity index (χ0v) is 21.0. The SMILES string of the molecule is Cc1cc(F)cc(-n2cc(C)c(OC(F)CN(C)c3cc(F)cc(-n4ccc(CC(C)C)n4)c3)n2)c1. The standard InChI is InChI=1S/C27H30F3N5O/c1-17(2)8-22-6-7-34(31-22)25-13-21(29)11-23(14-25)33(5)16-26(30)36-27-19(4)15-35(32-27)24-10-18(3)9-20(28)12-24/h6-7,9-15,17,26H,8,16H2,1-5H3. The molecule has 6 nitrogen and oxygen atoms in total. The molecule has 0 saturated carbocycles. The fourth-order valence-electron chi connectivity index (χ4n) is 3.97. The molecule has 0 fully saturated rings. The monoisotopic (exact) mass is 497 g/mol. The van der Waals surface area contributed by atoms with Gasteiger partial charge < -0.3 is 9.64 Å². The van der Waals surface area contributed by atoms with Crippen molar-refractivity contribution in [3.8, 4) is 17.3 Å². The first-order valence-corrected chi connectivity index (χ1v) is 11.8. The second-order valence-corrected chi connectivity index (χ2v) is 9.47. The van der Waals surface area contributed by atoms with Crippen LogP contribution >= 0.6 is 0 Å². The largest absolute Gasteiger partial charge is 0.440 e. The van der Waals surface area contributed by atoms with Crippen LogP contribution in [0.2, 0.25) is 0 Å². The molecule has 0 amide bonds. The van der Waals surface area contributed by atoms with Crippen LogP contribution in [0.5, 0.6) is 5.88 Å². The van der Waals surface area contributed by atoms with Gasteiger partial charge in [0.05, 0.1) is 23.6 Å². The predicted octanol–water partition coefficient (Wildman–Crippen LogP) is 5.96. The fourth-order valence-corrected chi connectivity index (χ4v) is 3.97. The van der Waals surface area contributed by atoms with E-state index >= 15 is 0 Å². The van der Waals surface area contributed by atoms with Crippen LogP contribution in [-0.2, 0) is 6.42 Å². The summed E-state index contributed by atoms with van der Waals surface area (Å²) < 4.78 is 51.6. The molecule has 4 rings (SSSR count). The van der Waals surface area contributed by atoms with E-state index in [1.807, 2.05) is 6.07 Å². The molecule has 0 aliphatic rings. The summed E-state index contributed by atoms with van der Waals surface area (Å²) in [5.74, 6) is -0.276. The molecule has 1 atom stereocenters. The molecule has 9 heteroatoms. The van der Waals surface area contributed by atoms with E-state index in [2.05, 4.69) is 24.0 Å². The van der Waals surface area contributed by atoms with Crippen molar-refractivity contribution in [2.75, 3.05) is 18.5 Å².